The van der Waals surface area contributed by atoms with E-state index in [1.807, 2.05) is 43.3 Å². The van der Waals surface area contributed by atoms with Crippen LogP contribution in [0.25, 0.3) is 0 Å². The number of nitrogens with zero attached hydrogens (tertiary/aromatic N) is 1. The normalized spacial score (nSPS) is 14.8. The molecule has 0 bridgehead atoms. The van der Waals surface area contributed by atoms with E-state index < -0.39 is 29.8 Å². The first-order chi connectivity index (χ1) is 11.8. The van der Waals surface area contributed by atoms with Crippen LogP contribution in [0.1, 0.15) is 24.1 Å². The van der Waals surface area contributed by atoms with E-state index in [4.69, 9.17) is 5.73 Å². The summed E-state index contributed by atoms with van der Waals surface area (Å²) >= 11 is 0. The van der Waals surface area contributed by atoms with Gasteiger partial charge in [0.25, 0.3) is 0 Å². The van der Waals surface area contributed by atoms with E-state index in [1.54, 1.807) is 6.92 Å². The highest BCUT2D eigenvalue weighted by molar-refractivity contribution is 5.46. The first-order valence-corrected chi connectivity index (χ1v) is 8.17. The molecule has 0 aromatic heterocycles. The Bertz CT molecular complexity index is 669. The van der Waals surface area contributed by atoms with E-state index in [0.717, 1.165) is 17.3 Å². The van der Waals surface area contributed by atoms with Crippen molar-refractivity contribution in [3.63, 3.8) is 0 Å². The quantitative estimate of drug-likeness (QED) is 0.719. The van der Waals surface area contributed by atoms with Gasteiger partial charge in [-0.25, -0.2) is 8.78 Å². The summed E-state index contributed by atoms with van der Waals surface area (Å²) in [6.45, 7) is 2.01. The van der Waals surface area contributed by atoms with Gasteiger partial charge in [0.1, 0.15) is 11.6 Å². The van der Waals surface area contributed by atoms with E-state index >= 15 is 0 Å². The molecule has 2 rings (SSSR count). The van der Waals surface area contributed by atoms with Gasteiger partial charge < -0.3 is 21.1 Å². The van der Waals surface area contributed by atoms with Gasteiger partial charge in [0, 0.05) is 38.4 Å². The molecule has 25 heavy (non-hydrogen) atoms. The van der Waals surface area contributed by atoms with E-state index in [1.165, 1.54) is 12.1 Å². The Morgan fingerprint density at radius 2 is 1.64 bits per heavy atom. The molecule has 0 radical (unpaired) electrons. The average Bonchev–Trinajstić information content (AvgIpc) is 2.54. The Kier molecular flexibility index (Phi) is 6.47. The van der Waals surface area contributed by atoms with Crippen LogP contribution in [0.2, 0.25) is 0 Å². The third-order valence-corrected chi connectivity index (χ3v) is 4.16. The van der Waals surface area contributed by atoms with Crippen molar-refractivity contribution in [1.82, 2.24) is 5.32 Å². The molecule has 1 unspecified atom stereocenters. The molecular weight excluding hydrogens is 324 g/mol. The zero-order chi connectivity index (χ0) is 18.6. The average molecular weight is 349 g/mol. The predicted molar refractivity (Wildman–Crippen MR) is 96.4 cm³/mol. The van der Waals surface area contributed by atoms with Crippen LogP contribution in [0, 0.1) is 11.6 Å². The van der Waals surface area contributed by atoms with Crippen LogP contribution in [0.3, 0.4) is 0 Å². The third kappa shape index (κ3) is 5.22. The Balaban J connectivity index is 2.18. The summed E-state index contributed by atoms with van der Waals surface area (Å²) < 4.78 is 27.1. The van der Waals surface area contributed by atoms with Crippen LogP contribution in [0.15, 0.2) is 42.5 Å². The maximum Gasteiger partial charge on any atom is 0.126 e. The molecule has 4 N–H and O–H groups in total. The molecule has 0 saturated carbocycles. The predicted octanol–water partition coefficient (Wildman–Crippen LogP) is 2.57. The topological polar surface area (TPSA) is 61.5 Å². The molecule has 0 spiro atoms. The Morgan fingerprint density at radius 3 is 2.12 bits per heavy atom. The van der Waals surface area contributed by atoms with Crippen LogP contribution in [0.5, 0.6) is 0 Å². The summed E-state index contributed by atoms with van der Waals surface area (Å²) in [7, 11) is 3.92. The van der Waals surface area contributed by atoms with Crippen LogP contribution in [-0.4, -0.2) is 31.3 Å². The highest BCUT2D eigenvalue weighted by Gasteiger charge is 2.24. The van der Waals surface area contributed by atoms with Gasteiger partial charge in [-0.3, -0.25) is 0 Å². The lowest BCUT2D eigenvalue weighted by atomic mass is 9.96. The maximum atomic E-state index is 13.6. The summed E-state index contributed by atoms with van der Waals surface area (Å²) in [6, 6.07) is 9.91. The fourth-order valence-corrected chi connectivity index (χ4v) is 2.65. The zero-order valence-electron chi connectivity index (χ0n) is 14.7. The minimum absolute atomic E-state index is 0.371. The second-order valence-corrected chi connectivity index (χ2v) is 6.44. The number of rotatable bonds is 7. The summed E-state index contributed by atoms with van der Waals surface area (Å²) in [6.07, 6.45) is -0.833. The van der Waals surface area contributed by atoms with E-state index in [-0.39, 0.29) is 0 Å². The number of hydrogen-bond acceptors (Lipinski definition) is 4. The molecule has 136 valence electrons. The SMILES string of the molecule is C[C@@H](O)[C@@H](N)C(NCc1ccc(N(C)C)cc1)c1cc(F)cc(F)c1. The molecule has 0 heterocycles. The summed E-state index contributed by atoms with van der Waals surface area (Å²) in [5.41, 5.74) is 8.51. The van der Waals surface area contributed by atoms with E-state index in [0.29, 0.717) is 12.1 Å². The zero-order valence-corrected chi connectivity index (χ0v) is 14.7. The Hall–Kier alpha value is -2.02. The van der Waals surface area contributed by atoms with Gasteiger partial charge >= 0.3 is 0 Å². The lowest BCUT2D eigenvalue weighted by Gasteiger charge is -2.28. The van der Waals surface area contributed by atoms with E-state index in [2.05, 4.69) is 5.32 Å². The Morgan fingerprint density at radius 1 is 1.08 bits per heavy atom. The van der Waals surface area contributed by atoms with Crippen molar-refractivity contribution in [1.29, 1.82) is 0 Å². The molecule has 3 atom stereocenters. The fourth-order valence-electron chi connectivity index (χ4n) is 2.65. The minimum Gasteiger partial charge on any atom is -0.392 e. The van der Waals surface area contributed by atoms with Crippen molar-refractivity contribution in [3.05, 3.63) is 65.2 Å². The number of benzene rings is 2. The number of halogens is 2. The number of anilines is 1. The molecule has 0 amide bonds. The first kappa shape index (κ1) is 19.3. The standard InChI is InChI=1S/C19H25F2N3O/c1-12(25)18(22)19(14-8-15(20)10-16(21)9-14)23-11-13-4-6-17(7-5-13)24(2)3/h4-10,12,18-19,23,25H,11,22H2,1-3H3/t12-,18-,19?/m1/s1. The summed E-state index contributed by atoms with van der Waals surface area (Å²) in [5, 5.41) is 13.0. The van der Waals surface area contributed by atoms with Crippen molar-refractivity contribution in [3.8, 4) is 0 Å². The molecule has 0 saturated heterocycles. The van der Waals surface area contributed by atoms with E-state index in [9.17, 15) is 13.9 Å². The number of aliphatic hydroxyl groups is 1. The van der Waals surface area contributed by atoms with Gasteiger partial charge in [-0.1, -0.05) is 12.1 Å². The number of nitrogens with two attached hydrogens (primary N) is 1. The number of aliphatic hydroxyl groups excluding tert-OH is 1. The molecule has 0 fully saturated rings. The Labute approximate surface area is 147 Å². The third-order valence-electron chi connectivity index (χ3n) is 4.16. The lowest BCUT2D eigenvalue weighted by molar-refractivity contribution is 0.142. The van der Waals surface area contributed by atoms with Gasteiger partial charge in [0.2, 0.25) is 0 Å². The highest BCUT2D eigenvalue weighted by atomic mass is 19.1. The minimum atomic E-state index is -0.833. The van der Waals surface area contributed by atoms with Crippen molar-refractivity contribution < 1.29 is 13.9 Å². The van der Waals surface area contributed by atoms with Crippen molar-refractivity contribution in [2.45, 2.75) is 31.7 Å². The smallest absolute Gasteiger partial charge is 0.126 e. The number of nitrogens with one attached hydrogen (secondary N) is 1. The molecule has 4 nitrogen and oxygen atoms in total. The maximum absolute atomic E-state index is 13.6. The van der Waals surface area contributed by atoms with Gasteiger partial charge in [-0.05, 0) is 42.3 Å². The van der Waals surface area contributed by atoms with Crippen LogP contribution in [0.4, 0.5) is 14.5 Å². The van der Waals surface area contributed by atoms with Crippen molar-refractivity contribution in [2.24, 2.45) is 5.73 Å². The lowest BCUT2D eigenvalue weighted by Crippen LogP contribution is -2.44. The van der Waals surface area contributed by atoms with Crippen LogP contribution < -0.4 is 16.0 Å². The first-order valence-electron chi connectivity index (χ1n) is 8.17. The van der Waals surface area contributed by atoms with Crippen molar-refractivity contribution >= 4 is 5.69 Å². The second kappa shape index (κ2) is 8.38. The molecular formula is C19H25F2N3O. The van der Waals surface area contributed by atoms with Gasteiger partial charge in [0.15, 0.2) is 0 Å². The molecule has 2 aromatic carbocycles. The number of hydrogen-bond donors (Lipinski definition) is 3. The molecule has 2 aromatic rings. The highest BCUT2D eigenvalue weighted by Crippen LogP contribution is 2.22. The van der Waals surface area contributed by atoms with Gasteiger partial charge in [-0.15, -0.1) is 0 Å². The largest absolute Gasteiger partial charge is 0.392 e. The molecule has 0 aliphatic heterocycles. The van der Waals surface area contributed by atoms with Crippen molar-refractivity contribution in [2.75, 3.05) is 19.0 Å². The van der Waals surface area contributed by atoms with Gasteiger partial charge in [-0.2, -0.15) is 0 Å². The summed E-state index contributed by atoms with van der Waals surface area (Å²) in [5.74, 6) is -1.34. The van der Waals surface area contributed by atoms with Crippen LogP contribution in [-0.2, 0) is 6.54 Å². The second-order valence-electron chi connectivity index (χ2n) is 6.44. The van der Waals surface area contributed by atoms with Gasteiger partial charge in [0.05, 0.1) is 12.1 Å². The monoisotopic (exact) mass is 349 g/mol. The molecule has 6 heteroatoms. The molecule has 0 aliphatic carbocycles. The fraction of sp³-hybridized carbons (Fsp3) is 0.368. The molecule has 0 aliphatic rings. The summed E-state index contributed by atoms with van der Waals surface area (Å²) in [4.78, 5) is 2.00. The van der Waals surface area contributed by atoms with Crippen LogP contribution >= 0.6 is 0 Å².